The van der Waals surface area contributed by atoms with Gasteiger partial charge in [-0.15, -0.1) is 16.8 Å². The molecule has 0 spiro atoms. The maximum atomic E-state index is 5.80. The van der Waals surface area contributed by atoms with Gasteiger partial charge in [-0.3, -0.25) is 0 Å². The highest BCUT2D eigenvalue weighted by atomic mass is 16.5. The van der Waals surface area contributed by atoms with Crippen molar-refractivity contribution in [1.82, 2.24) is 14.8 Å². The number of benzene rings is 1. The van der Waals surface area contributed by atoms with Crippen LogP contribution in [0.5, 0.6) is 5.75 Å². The average molecular weight is 258 g/mol. The number of aromatic nitrogens is 3. The summed E-state index contributed by atoms with van der Waals surface area (Å²) in [4.78, 5) is 0. The van der Waals surface area contributed by atoms with Crippen LogP contribution in [0.2, 0.25) is 0 Å². The molecule has 19 heavy (non-hydrogen) atoms. The molecule has 5 nitrogen and oxygen atoms in total. The van der Waals surface area contributed by atoms with E-state index in [-0.39, 0.29) is 0 Å². The van der Waals surface area contributed by atoms with Gasteiger partial charge in [-0.2, -0.15) is 0 Å². The number of hydrogen-bond donors (Lipinski definition) is 1. The van der Waals surface area contributed by atoms with E-state index in [9.17, 15) is 0 Å². The Kier molecular flexibility index (Phi) is 3.85. The molecule has 1 aromatic heterocycles. The van der Waals surface area contributed by atoms with Crippen molar-refractivity contribution < 1.29 is 4.74 Å². The number of rotatable bonds is 5. The fraction of sp³-hybridized carbons (Fsp3) is 0.286. The van der Waals surface area contributed by atoms with Gasteiger partial charge in [-0.05, 0) is 37.1 Å². The van der Waals surface area contributed by atoms with Crippen molar-refractivity contribution in [2.45, 2.75) is 20.0 Å². The SMILES string of the molecule is C=CCc1cc(N)ccc1OCc1nnc(C)n1C. The number of aryl methyl sites for hydroxylation is 1. The Morgan fingerprint density at radius 2 is 2.21 bits per heavy atom. The average Bonchev–Trinajstić information content (AvgIpc) is 2.70. The van der Waals surface area contributed by atoms with E-state index in [4.69, 9.17) is 10.5 Å². The van der Waals surface area contributed by atoms with Crippen LogP contribution in [0.3, 0.4) is 0 Å². The van der Waals surface area contributed by atoms with Crippen LogP contribution in [0.15, 0.2) is 30.9 Å². The molecule has 0 aliphatic carbocycles. The van der Waals surface area contributed by atoms with Gasteiger partial charge >= 0.3 is 0 Å². The van der Waals surface area contributed by atoms with E-state index in [1.807, 2.05) is 42.8 Å². The predicted molar refractivity (Wildman–Crippen MR) is 74.8 cm³/mol. The van der Waals surface area contributed by atoms with E-state index in [0.29, 0.717) is 6.61 Å². The molecule has 0 radical (unpaired) electrons. The maximum Gasteiger partial charge on any atom is 0.170 e. The lowest BCUT2D eigenvalue weighted by Gasteiger charge is -2.11. The first-order valence-corrected chi connectivity index (χ1v) is 6.08. The predicted octanol–water partition coefficient (Wildman–Crippen LogP) is 2.01. The van der Waals surface area contributed by atoms with Crippen LogP contribution < -0.4 is 10.5 Å². The Morgan fingerprint density at radius 3 is 2.84 bits per heavy atom. The molecule has 0 bridgehead atoms. The largest absolute Gasteiger partial charge is 0.485 e. The highest BCUT2D eigenvalue weighted by molar-refractivity contribution is 5.48. The first-order valence-electron chi connectivity index (χ1n) is 6.08. The maximum absolute atomic E-state index is 5.80. The van der Waals surface area contributed by atoms with Crippen LogP contribution in [0.4, 0.5) is 5.69 Å². The molecule has 0 saturated heterocycles. The summed E-state index contributed by atoms with van der Waals surface area (Å²) < 4.78 is 7.71. The van der Waals surface area contributed by atoms with Crippen molar-refractivity contribution in [2.75, 3.05) is 5.73 Å². The standard InChI is InChI=1S/C14H18N4O/c1-4-5-11-8-12(15)6-7-13(11)19-9-14-17-16-10(2)18(14)3/h4,6-8H,1,5,9,15H2,2-3H3. The number of nitrogens with two attached hydrogens (primary N) is 1. The van der Waals surface area contributed by atoms with E-state index in [1.54, 1.807) is 0 Å². The summed E-state index contributed by atoms with van der Waals surface area (Å²) in [6.07, 6.45) is 2.55. The zero-order chi connectivity index (χ0) is 13.8. The van der Waals surface area contributed by atoms with E-state index in [0.717, 1.165) is 35.1 Å². The third-order valence-electron chi connectivity index (χ3n) is 2.99. The van der Waals surface area contributed by atoms with E-state index >= 15 is 0 Å². The second-order valence-corrected chi connectivity index (χ2v) is 4.37. The molecule has 0 atom stereocenters. The van der Waals surface area contributed by atoms with Crippen LogP contribution in [0, 0.1) is 6.92 Å². The lowest BCUT2D eigenvalue weighted by atomic mass is 10.1. The van der Waals surface area contributed by atoms with Gasteiger partial charge in [-0.1, -0.05) is 6.08 Å². The molecule has 0 aliphatic rings. The molecule has 100 valence electrons. The molecule has 1 aromatic carbocycles. The zero-order valence-electron chi connectivity index (χ0n) is 11.3. The van der Waals surface area contributed by atoms with Crippen LogP contribution in [0.1, 0.15) is 17.2 Å². The second-order valence-electron chi connectivity index (χ2n) is 4.37. The Bertz CT molecular complexity index is 589. The van der Waals surface area contributed by atoms with Crippen molar-refractivity contribution in [1.29, 1.82) is 0 Å². The number of anilines is 1. The molecule has 0 fully saturated rings. The molecule has 0 amide bonds. The molecule has 1 heterocycles. The Hall–Kier alpha value is -2.30. The molecule has 0 saturated carbocycles. The van der Waals surface area contributed by atoms with Gasteiger partial charge in [0.25, 0.3) is 0 Å². The Balaban J connectivity index is 2.15. The number of nitrogens with zero attached hydrogens (tertiary/aromatic N) is 3. The summed E-state index contributed by atoms with van der Waals surface area (Å²) in [5, 5.41) is 8.06. The van der Waals surface area contributed by atoms with Gasteiger partial charge in [0.1, 0.15) is 18.2 Å². The van der Waals surface area contributed by atoms with Crippen molar-refractivity contribution in [3.05, 3.63) is 48.1 Å². The lowest BCUT2D eigenvalue weighted by molar-refractivity contribution is 0.288. The van der Waals surface area contributed by atoms with Crippen molar-refractivity contribution >= 4 is 5.69 Å². The fourth-order valence-electron chi connectivity index (χ4n) is 1.77. The smallest absolute Gasteiger partial charge is 0.170 e. The molecule has 5 heteroatoms. The molecule has 2 rings (SSSR count). The zero-order valence-corrected chi connectivity index (χ0v) is 11.3. The van der Waals surface area contributed by atoms with Gasteiger partial charge in [0.15, 0.2) is 5.82 Å². The Morgan fingerprint density at radius 1 is 1.42 bits per heavy atom. The monoisotopic (exact) mass is 258 g/mol. The normalized spacial score (nSPS) is 10.4. The van der Waals surface area contributed by atoms with Gasteiger partial charge in [0.05, 0.1) is 0 Å². The number of ether oxygens (including phenoxy) is 1. The highest BCUT2D eigenvalue weighted by Gasteiger charge is 2.08. The minimum atomic E-state index is 0.380. The third kappa shape index (κ3) is 2.93. The minimum Gasteiger partial charge on any atom is -0.485 e. The van der Waals surface area contributed by atoms with Crippen molar-refractivity contribution in [2.24, 2.45) is 7.05 Å². The summed E-state index contributed by atoms with van der Waals surface area (Å²) in [7, 11) is 1.92. The van der Waals surface area contributed by atoms with E-state index in [1.165, 1.54) is 0 Å². The summed E-state index contributed by atoms with van der Waals surface area (Å²) >= 11 is 0. The van der Waals surface area contributed by atoms with Crippen molar-refractivity contribution in [3.63, 3.8) is 0 Å². The minimum absolute atomic E-state index is 0.380. The van der Waals surface area contributed by atoms with Gasteiger partial charge in [-0.25, -0.2) is 0 Å². The van der Waals surface area contributed by atoms with Crippen molar-refractivity contribution in [3.8, 4) is 5.75 Å². The Labute approximate surface area is 112 Å². The topological polar surface area (TPSA) is 66.0 Å². The van der Waals surface area contributed by atoms with Crippen LogP contribution in [-0.4, -0.2) is 14.8 Å². The summed E-state index contributed by atoms with van der Waals surface area (Å²) in [6.45, 7) is 6.03. The third-order valence-corrected chi connectivity index (χ3v) is 2.99. The molecular weight excluding hydrogens is 240 g/mol. The van der Waals surface area contributed by atoms with Gasteiger partial charge in [0, 0.05) is 12.7 Å². The number of hydrogen-bond acceptors (Lipinski definition) is 4. The number of allylic oxidation sites excluding steroid dienone is 1. The summed E-state index contributed by atoms with van der Waals surface area (Å²) in [6, 6.07) is 5.60. The quantitative estimate of drug-likeness (QED) is 0.658. The number of nitrogen functional groups attached to an aromatic ring is 1. The first-order chi connectivity index (χ1) is 9.11. The van der Waals surface area contributed by atoms with Crippen LogP contribution in [0.25, 0.3) is 0 Å². The van der Waals surface area contributed by atoms with Crippen LogP contribution >= 0.6 is 0 Å². The molecular formula is C14H18N4O. The van der Waals surface area contributed by atoms with Gasteiger partial charge < -0.3 is 15.0 Å². The highest BCUT2D eigenvalue weighted by Crippen LogP contribution is 2.23. The lowest BCUT2D eigenvalue weighted by Crippen LogP contribution is -2.05. The summed E-state index contributed by atoms with van der Waals surface area (Å²) in [5.74, 6) is 2.45. The first kappa shape index (κ1) is 13.1. The van der Waals surface area contributed by atoms with Gasteiger partial charge in [0.2, 0.25) is 0 Å². The molecule has 2 aromatic rings. The molecule has 2 N–H and O–H groups in total. The summed E-state index contributed by atoms with van der Waals surface area (Å²) in [5.41, 5.74) is 7.52. The van der Waals surface area contributed by atoms with E-state index < -0.39 is 0 Å². The molecule has 0 aliphatic heterocycles. The van der Waals surface area contributed by atoms with Crippen LogP contribution in [-0.2, 0) is 20.1 Å². The van der Waals surface area contributed by atoms with E-state index in [2.05, 4.69) is 16.8 Å². The fourth-order valence-corrected chi connectivity index (χ4v) is 1.77. The second kappa shape index (κ2) is 5.56. The molecule has 0 unspecified atom stereocenters.